The molecule has 0 atom stereocenters. The van der Waals surface area contributed by atoms with Crippen molar-refractivity contribution in [2.45, 2.75) is 18.8 Å². The Balaban J connectivity index is 1.84. The summed E-state index contributed by atoms with van der Waals surface area (Å²) in [5.41, 5.74) is 0.980. The number of halogens is 1. The van der Waals surface area contributed by atoms with Crippen molar-refractivity contribution in [3.8, 4) is 11.4 Å². The average molecular weight is 308 g/mol. The maximum Gasteiger partial charge on any atom is 0.230 e. The van der Waals surface area contributed by atoms with Gasteiger partial charge in [0.1, 0.15) is 0 Å². The molecule has 94 valence electrons. The number of rotatable bonds is 2. The van der Waals surface area contributed by atoms with Crippen LogP contribution in [-0.4, -0.2) is 23.2 Å². The monoisotopic (exact) mass is 307 g/mol. The van der Waals surface area contributed by atoms with Gasteiger partial charge >= 0.3 is 0 Å². The van der Waals surface area contributed by atoms with Gasteiger partial charge in [0.2, 0.25) is 11.7 Å². The fourth-order valence-corrected chi connectivity index (χ4v) is 2.61. The number of benzene rings is 1. The Morgan fingerprint density at radius 1 is 1.28 bits per heavy atom. The van der Waals surface area contributed by atoms with Gasteiger partial charge in [-0.1, -0.05) is 33.2 Å². The van der Waals surface area contributed by atoms with Crippen LogP contribution in [0.2, 0.25) is 0 Å². The molecule has 0 amide bonds. The van der Waals surface area contributed by atoms with Crippen molar-refractivity contribution in [2.24, 2.45) is 0 Å². The molecule has 18 heavy (non-hydrogen) atoms. The first kappa shape index (κ1) is 11.9. The Hall–Kier alpha value is -1.20. The van der Waals surface area contributed by atoms with Crippen molar-refractivity contribution in [3.63, 3.8) is 0 Å². The molecule has 0 saturated carbocycles. The van der Waals surface area contributed by atoms with Crippen LogP contribution < -0.4 is 5.32 Å². The third-order valence-corrected chi connectivity index (χ3v) is 3.71. The molecule has 1 fully saturated rings. The average Bonchev–Trinajstić information content (AvgIpc) is 2.89. The van der Waals surface area contributed by atoms with Gasteiger partial charge in [-0.3, -0.25) is 0 Å². The lowest BCUT2D eigenvalue weighted by Gasteiger charge is -2.18. The molecule has 5 heteroatoms. The summed E-state index contributed by atoms with van der Waals surface area (Å²) in [7, 11) is 0. The van der Waals surface area contributed by atoms with Gasteiger partial charge in [-0.15, -0.1) is 0 Å². The van der Waals surface area contributed by atoms with Crippen LogP contribution in [0.5, 0.6) is 0 Å². The number of piperidine rings is 1. The Morgan fingerprint density at radius 2 is 2.11 bits per heavy atom. The molecule has 4 nitrogen and oxygen atoms in total. The van der Waals surface area contributed by atoms with Crippen LogP contribution in [0.3, 0.4) is 0 Å². The Labute approximate surface area is 114 Å². The van der Waals surface area contributed by atoms with E-state index in [1.807, 2.05) is 24.3 Å². The number of nitrogens with zero attached hydrogens (tertiary/aromatic N) is 2. The highest BCUT2D eigenvalue weighted by Gasteiger charge is 2.21. The molecule has 1 saturated heterocycles. The van der Waals surface area contributed by atoms with E-state index in [2.05, 4.69) is 31.4 Å². The highest BCUT2D eigenvalue weighted by molar-refractivity contribution is 9.10. The summed E-state index contributed by atoms with van der Waals surface area (Å²) >= 11 is 3.45. The van der Waals surface area contributed by atoms with Crippen LogP contribution >= 0.6 is 15.9 Å². The molecule has 2 heterocycles. The lowest BCUT2D eigenvalue weighted by Crippen LogP contribution is -2.26. The van der Waals surface area contributed by atoms with Crippen molar-refractivity contribution >= 4 is 15.9 Å². The second-order valence-electron chi connectivity index (χ2n) is 4.49. The topological polar surface area (TPSA) is 51.0 Å². The summed E-state index contributed by atoms with van der Waals surface area (Å²) in [4.78, 5) is 4.52. The summed E-state index contributed by atoms with van der Waals surface area (Å²) < 4.78 is 6.42. The summed E-state index contributed by atoms with van der Waals surface area (Å²) in [6.07, 6.45) is 2.14. The Bertz CT molecular complexity index is 535. The van der Waals surface area contributed by atoms with Crippen molar-refractivity contribution in [1.29, 1.82) is 0 Å². The minimum atomic E-state index is 0.402. The van der Waals surface area contributed by atoms with Crippen molar-refractivity contribution in [1.82, 2.24) is 15.5 Å². The normalized spacial score (nSPS) is 16.9. The zero-order valence-electron chi connectivity index (χ0n) is 9.90. The zero-order valence-corrected chi connectivity index (χ0v) is 11.5. The Kier molecular flexibility index (Phi) is 3.43. The van der Waals surface area contributed by atoms with Crippen LogP contribution in [0.4, 0.5) is 0 Å². The molecule has 0 spiro atoms. The van der Waals surface area contributed by atoms with Gasteiger partial charge in [-0.25, -0.2) is 0 Å². The lowest BCUT2D eigenvalue weighted by molar-refractivity contribution is 0.320. The van der Waals surface area contributed by atoms with Gasteiger partial charge in [-0.05, 0) is 38.1 Å². The quantitative estimate of drug-likeness (QED) is 0.926. The lowest BCUT2D eigenvalue weighted by atomic mass is 9.98. The minimum absolute atomic E-state index is 0.402. The first-order chi connectivity index (χ1) is 8.83. The van der Waals surface area contributed by atoms with Crippen molar-refractivity contribution < 1.29 is 4.52 Å². The van der Waals surface area contributed by atoms with Crippen LogP contribution in [-0.2, 0) is 0 Å². The second-order valence-corrected chi connectivity index (χ2v) is 5.41. The van der Waals surface area contributed by atoms with E-state index >= 15 is 0 Å². The van der Waals surface area contributed by atoms with Crippen LogP contribution in [0, 0.1) is 0 Å². The van der Waals surface area contributed by atoms with Crippen molar-refractivity contribution in [2.75, 3.05) is 13.1 Å². The zero-order chi connectivity index (χ0) is 12.4. The van der Waals surface area contributed by atoms with Crippen molar-refractivity contribution in [3.05, 3.63) is 34.6 Å². The summed E-state index contributed by atoms with van der Waals surface area (Å²) in [5.74, 6) is 1.84. The first-order valence-electron chi connectivity index (χ1n) is 6.13. The number of hydrogen-bond donors (Lipinski definition) is 1. The van der Waals surface area contributed by atoms with Crippen LogP contribution in [0.15, 0.2) is 33.3 Å². The third kappa shape index (κ3) is 2.47. The van der Waals surface area contributed by atoms with Gasteiger partial charge in [0.15, 0.2) is 0 Å². The van der Waals surface area contributed by atoms with E-state index in [9.17, 15) is 0 Å². The Morgan fingerprint density at radius 3 is 2.89 bits per heavy atom. The summed E-state index contributed by atoms with van der Waals surface area (Å²) in [5, 5.41) is 7.41. The van der Waals surface area contributed by atoms with Crippen LogP contribution in [0.1, 0.15) is 24.7 Å². The largest absolute Gasteiger partial charge is 0.339 e. The summed E-state index contributed by atoms with van der Waals surface area (Å²) in [6.45, 7) is 2.05. The summed E-state index contributed by atoms with van der Waals surface area (Å²) in [6, 6.07) is 7.94. The van der Waals surface area contributed by atoms with Crippen LogP contribution in [0.25, 0.3) is 11.4 Å². The highest BCUT2D eigenvalue weighted by Crippen LogP contribution is 2.26. The molecule has 0 unspecified atom stereocenters. The number of nitrogens with one attached hydrogen (secondary N) is 1. The van der Waals surface area contributed by atoms with Gasteiger partial charge in [0, 0.05) is 16.0 Å². The molecule has 0 bridgehead atoms. The fourth-order valence-electron chi connectivity index (χ4n) is 2.21. The molecule has 1 aliphatic heterocycles. The first-order valence-corrected chi connectivity index (χ1v) is 6.92. The molecule has 1 N–H and O–H groups in total. The predicted octanol–water partition coefficient (Wildman–Crippen LogP) is 2.97. The van der Waals surface area contributed by atoms with E-state index in [1.54, 1.807) is 0 Å². The molecule has 3 rings (SSSR count). The SMILES string of the molecule is Brc1cccc(-c2noc(C3CCNCC3)n2)c1. The molecule has 0 aliphatic carbocycles. The second kappa shape index (κ2) is 5.20. The number of hydrogen-bond acceptors (Lipinski definition) is 4. The maximum atomic E-state index is 5.39. The fraction of sp³-hybridized carbons (Fsp3) is 0.385. The highest BCUT2D eigenvalue weighted by atomic mass is 79.9. The van der Waals surface area contributed by atoms with E-state index < -0.39 is 0 Å². The van der Waals surface area contributed by atoms with E-state index in [0.29, 0.717) is 11.7 Å². The molecule has 1 aliphatic rings. The van der Waals surface area contributed by atoms with Gasteiger partial charge in [-0.2, -0.15) is 4.98 Å². The predicted molar refractivity (Wildman–Crippen MR) is 72.3 cm³/mol. The third-order valence-electron chi connectivity index (χ3n) is 3.21. The van der Waals surface area contributed by atoms with Gasteiger partial charge in [0.25, 0.3) is 0 Å². The minimum Gasteiger partial charge on any atom is -0.339 e. The molecule has 1 aromatic carbocycles. The smallest absolute Gasteiger partial charge is 0.230 e. The van der Waals surface area contributed by atoms with Gasteiger partial charge in [0.05, 0.1) is 0 Å². The molecular weight excluding hydrogens is 294 g/mol. The molecule has 0 radical (unpaired) electrons. The van der Waals surface area contributed by atoms with E-state index in [1.165, 1.54) is 0 Å². The maximum absolute atomic E-state index is 5.39. The standard InChI is InChI=1S/C13H14BrN3O/c14-11-3-1-2-10(8-11)12-16-13(18-17-12)9-4-6-15-7-5-9/h1-3,8-9,15H,4-7H2. The molecule has 1 aromatic heterocycles. The van der Waals surface area contributed by atoms with Gasteiger partial charge < -0.3 is 9.84 Å². The van der Waals surface area contributed by atoms with E-state index in [4.69, 9.17) is 4.52 Å². The molecular formula is C13H14BrN3O. The van der Waals surface area contributed by atoms with E-state index in [0.717, 1.165) is 41.9 Å². The van der Waals surface area contributed by atoms with E-state index in [-0.39, 0.29) is 0 Å². The number of aromatic nitrogens is 2. The molecule has 2 aromatic rings.